The van der Waals surface area contributed by atoms with Crippen molar-refractivity contribution in [2.24, 2.45) is 0 Å². The number of carbonyl (C=O) groups excluding carboxylic acids is 2. The Balaban J connectivity index is 1.41. The van der Waals surface area contributed by atoms with Gasteiger partial charge in [0.2, 0.25) is 5.78 Å². The van der Waals surface area contributed by atoms with E-state index in [4.69, 9.17) is 16.3 Å². The molecule has 0 aliphatic carbocycles. The molecule has 0 atom stereocenters. The van der Waals surface area contributed by atoms with Crippen LogP contribution in [0.15, 0.2) is 72.8 Å². The van der Waals surface area contributed by atoms with Crippen LogP contribution in [0.1, 0.15) is 39.2 Å². The molecule has 3 aromatic carbocycles. The van der Waals surface area contributed by atoms with Gasteiger partial charge >= 0.3 is 6.03 Å². The Morgan fingerprint density at radius 1 is 0.975 bits per heavy atom. The Kier molecular flexibility index (Phi) is 9.39. The zero-order valence-electron chi connectivity index (χ0n) is 22.2. The second-order valence-corrected chi connectivity index (χ2v) is 9.44. The number of anilines is 1. The quantitative estimate of drug-likeness (QED) is 0.171. The number of ketones is 1. The van der Waals surface area contributed by atoms with Crippen LogP contribution >= 0.6 is 11.6 Å². The summed E-state index contributed by atoms with van der Waals surface area (Å²) in [6.07, 6.45) is 0.563. The Bertz CT molecular complexity index is 1510. The van der Waals surface area contributed by atoms with E-state index in [1.165, 1.54) is 4.68 Å². The van der Waals surface area contributed by atoms with Crippen molar-refractivity contribution < 1.29 is 14.3 Å². The molecule has 1 aromatic heterocycles. The molecule has 0 aliphatic rings. The zero-order chi connectivity index (χ0) is 28.5. The van der Waals surface area contributed by atoms with Gasteiger partial charge in [0.15, 0.2) is 5.69 Å². The number of rotatable bonds is 11. The fraction of sp³-hybridized carbons (Fsp3) is 0.200. The lowest BCUT2D eigenvalue weighted by Gasteiger charge is -2.11. The van der Waals surface area contributed by atoms with Gasteiger partial charge in [-0.2, -0.15) is 10.4 Å². The van der Waals surface area contributed by atoms with E-state index in [0.29, 0.717) is 48.1 Å². The van der Waals surface area contributed by atoms with Gasteiger partial charge in [-0.15, -0.1) is 0 Å². The summed E-state index contributed by atoms with van der Waals surface area (Å²) in [7, 11) is 1.60. The number of methoxy groups -OCH3 is 1. The van der Waals surface area contributed by atoms with Crippen molar-refractivity contribution in [3.63, 3.8) is 0 Å². The lowest BCUT2D eigenvalue weighted by atomic mass is 10.0. The van der Waals surface area contributed by atoms with Gasteiger partial charge in [0.25, 0.3) is 0 Å². The van der Waals surface area contributed by atoms with Crippen molar-refractivity contribution in [3.8, 4) is 17.5 Å². The van der Waals surface area contributed by atoms with Crippen molar-refractivity contribution in [2.75, 3.05) is 25.5 Å². The van der Waals surface area contributed by atoms with Crippen LogP contribution in [-0.2, 0) is 6.54 Å². The third kappa shape index (κ3) is 6.98. The van der Waals surface area contributed by atoms with E-state index in [0.717, 1.165) is 16.9 Å². The molecule has 204 valence electrons. The number of urea groups is 1. The summed E-state index contributed by atoms with van der Waals surface area (Å²) >= 11 is 6.06. The highest BCUT2D eigenvalue weighted by molar-refractivity contribution is 6.30. The van der Waals surface area contributed by atoms with Crippen LogP contribution in [0.5, 0.6) is 5.75 Å². The molecule has 3 N–H and O–H groups in total. The third-order valence-corrected chi connectivity index (χ3v) is 6.39. The molecule has 0 saturated heterocycles. The Hall–Kier alpha value is -4.81. The summed E-state index contributed by atoms with van der Waals surface area (Å²) in [5.41, 5.74) is 3.26. The highest BCUT2D eigenvalue weighted by Crippen LogP contribution is 2.26. The predicted octanol–water partition coefficient (Wildman–Crippen LogP) is 5.25. The number of amides is 2. The fourth-order valence-electron chi connectivity index (χ4n) is 3.94. The summed E-state index contributed by atoms with van der Waals surface area (Å²) in [6, 6.07) is 23.4. The predicted molar refractivity (Wildman–Crippen MR) is 154 cm³/mol. The molecular formula is C30H29ClN6O3. The molecule has 2 amide bonds. The molecule has 0 aliphatic heterocycles. The molecule has 0 saturated carbocycles. The lowest BCUT2D eigenvalue weighted by Crippen LogP contribution is -2.36. The van der Waals surface area contributed by atoms with E-state index < -0.39 is 0 Å². The smallest absolute Gasteiger partial charge is 0.315 e. The zero-order valence-corrected chi connectivity index (χ0v) is 23.0. The number of carbonyl (C=O) groups is 2. The Morgan fingerprint density at radius 2 is 1.68 bits per heavy atom. The monoisotopic (exact) mass is 556 g/mol. The SMILES string of the molecule is COc1ccc(CNC(=O)NCCCNc2c(C#N)c(C(=O)c3ccc(C)cc3)nn2-c2ccc(Cl)cc2)cc1. The largest absolute Gasteiger partial charge is 0.497 e. The summed E-state index contributed by atoms with van der Waals surface area (Å²) < 4.78 is 6.67. The maximum atomic E-state index is 13.3. The van der Waals surface area contributed by atoms with E-state index in [1.54, 1.807) is 43.5 Å². The summed E-state index contributed by atoms with van der Waals surface area (Å²) in [5.74, 6) is 0.802. The molecule has 4 aromatic rings. The normalized spacial score (nSPS) is 10.4. The van der Waals surface area contributed by atoms with Crippen LogP contribution in [-0.4, -0.2) is 41.8 Å². The first-order valence-electron chi connectivity index (χ1n) is 12.7. The number of halogens is 1. The molecule has 0 spiro atoms. The molecule has 10 heteroatoms. The summed E-state index contributed by atoms with van der Waals surface area (Å²) in [6.45, 7) is 3.14. The fourth-order valence-corrected chi connectivity index (χ4v) is 4.07. The molecule has 9 nitrogen and oxygen atoms in total. The van der Waals surface area contributed by atoms with Crippen LogP contribution < -0.4 is 20.7 Å². The molecule has 0 fully saturated rings. The van der Waals surface area contributed by atoms with Crippen LogP contribution in [0.4, 0.5) is 10.6 Å². The van der Waals surface area contributed by atoms with Crippen molar-refractivity contribution in [1.29, 1.82) is 5.26 Å². The van der Waals surface area contributed by atoms with E-state index in [9.17, 15) is 14.9 Å². The van der Waals surface area contributed by atoms with Crippen LogP contribution in [0, 0.1) is 18.3 Å². The molecule has 40 heavy (non-hydrogen) atoms. The molecule has 0 radical (unpaired) electrons. The maximum Gasteiger partial charge on any atom is 0.315 e. The number of nitrogens with zero attached hydrogens (tertiary/aromatic N) is 3. The number of benzene rings is 3. The second kappa shape index (κ2) is 13.3. The highest BCUT2D eigenvalue weighted by Gasteiger charge is 2.25. The summed E-state index contributed by atoms with van der Waals surface area (Å²) in [5, 5.41) is 24.0. The number of nitriles is 1. The van der Waals surface area contributed by atoms with Crippen LogP contribution in [0.3, 0.4) is 0 Å². The van der Waals surface area contributed by atoms with Gasteiger partial charge in [-0.05, 0) is 55.3 Å². The standard InChI is InChI=1S/C30H29ClN6O3/c1-20-4-8-22(9-5-20)28(38)27-26(18-32)29(37(36-27)24-12-10-23(31)11-13-24)33-16-3-17-34-30(39)35-19-21-6-14-25(40-2)15-7-21/h4-15,33H,3,16-17,19H2,1-2H3,(H2,34,35,39). The van der Waals surface area contributed by atoms with Crippen molar-refractivity contribution >= 4 is 29.2 Å². The van der Waals surface area contributed by atoms with Crippen molar-refractivity contribution in [1.82, 2.24) is 20.4 Å². The molecule has 0 bridgehead atoms. The van der Waals surface area contributed by atoms with E-state index in [2.05, 4.69) is 27.1 Å². The molecule has 0 unspecified atom stereocenters. The van der Waals surface area contributed by atoms with Crippen molar-refractivity contribution in [2.45, 2.75) is 19.9 Å². The van der Waals surface area contributed by atoms with E-state index in [-0.39, 0.29) is 23.1 Å². The maximum absolute atomic E-state index is 13.3. The highest BCUT2D eigenvalue weighted by atomic mass is 35.5. The Labute approximate surface area is 237 Å². The van der Waals surface area contributed by atoms with Crippen molar-refractivity contribution in [3.05, 3.63) is 106 Å². The third-order valence-electron chi connectivity index (χ3n) is 6.14. The number of nitrogens with one attached hydrogen (secondary N) is 3. The van der Waals surface area contributed by atoms with Gasteiger partial charge in [-0.3, -0.25) is 4.79 Å². The first-order chi connectivity index (χ1) is 19.4. The number of aromatic nitrogens is 2. The van der Waals surface area contributed by atoms with Crippen LogP contribution in [0.25, 0.3) is 5.69 Å². The number of hydrogen-bond acceptors (Lipinski definition) is 6. The minimum atomic E-state index is -0.345. The average molecular weight is 557 g/mol. The van der Waals surface area contributed by atoms with E-state index >= 15 is 0 Å². The van der Waals surface area contributed by atoms with Gasteiger partial charge in [0, 0.05) is 30.2 Å². The van der Waals surface area contributed by atoms with Gasteiger partial charge < -0.3 is 20.7 Å². The van der Waals surface area contributed by atoms with Gasteiger partial charge in [0.1, 0.15) is 23.2 Å². The van der Waals surface area contributed by atoms with Gasteiger partial charge in [0.05, 0.1) is 12.8 Å². The Morgan fingerprint density at radius 3 is 2.33 bits per heavy atom. The minimum Gasteiger partial charge on any atom is -0.497 e. The second-order valence-electron chi connectivity index (χ2n) is 9.01. The molecule has 4 rings (SSSR count). The molecule has 1 heterocycles. The first-order valence-corrected chi connectivity index (χ1v) is 13.1. The topological polar surface area (TPSA) is 121 Å². The average Bonchev–Trinajstić information content (AvgIpc) is 3.35. The summed E-state index contributed by atoms with van der Waals surface area (Å²) in [4.78, 5) is 25.5. The first kappa shape index (κ1) is 28.2. The van der Waals surface area contributed by atoms with Gasteiger partial charge in [-0.25, -0.2) is 9.48 Å². The lowest BCUT2D eigenvalue weighted by molar-refractivity contribution is 0.103. The number of aryl methyl sites for hydroxylation is 1. The van der Waals surface area contributed by atoms with E-state index in [1.807, 2.05) is 43.3 Å². The number of ether oxygens (including phenoxy) is 1. The van der Waals surface area contributed by atoms with Crippen LogP contribution in [0.2, 0.25) is 5.02 Å². The number of hydrogen-bond donors (Lipinski definition) is 3. The minimum absolute atomic E-state index is 0.0554. The molecular weight excluding hydrogens is 528 g/mol. The van der Waals surface area contributed by atoms with Gasteiger partial charge in [-0.1, -0.05) is 53.6 Å².